The highest BCUT2D eigenvalue weighted by molar-refractivity contribution is 5.73. The molecule has 0 spiro atoms. The summed E-state index contributed by atoms with van der Waals surface area (Å²) in [6.07, 6.45) is 8.04. The predicted molar refractivity (Wildman–Crippen MR) is 92.7 cm³/mol. The number of piperidine rings is 1. The van der Waals surface area contributed by atoms with Gasteiger partial charge in [0.1, 0.15) is 12.0 Å². The maximum Gasteiger partial charge on any atom is 0.154 e. The van der Waals surface area contributed by atoms with Crippen LogP contribution in [0.3, 0.4) is 0 Å². The number of nitrogens with zero attached hydrogens (tertiary/aromatic N) is 3. The number of hydrogen-bond donors (Lipinski definition) is 3. The van der Waals surface area contributed by atoms with Crippen molar-refractivity contribution < 1.29 is 4.74 Å². The molecule has 2 aliphatic heterocycles. The van der Waals surface area contributed by atoms with Crippen molar-refractivity contribution >= 4 is 17.3 Å². The van der Waals surface area contributed by atoms with Gasteiger partial charge in [0.25, 0.3) is 0 Å². The van der Waals surface area contributed by atoms with E-state index in [-0.39, 0.29) is 6.10 Å². The molecule has 1 unspecified atom stereocenters. The van der Waals surface area contributed by atoms with Crippen molar-refractivity contribution in [3.8, 4) is 0 Å². The molecule has 128 valence electrons. The van der Waals surface area contributed by atoms with E-state index in [1.807, 2.05) is 0 Å². The number of likely N-dealkylation sites (tertiary alicyclic amines) is 1. The van der Waals surface area contributed by atoms with Gasteiger partial charge in [0.05, 0.1) is 6.10 Å². The lowest BCUT2D eigenvalue weighted by molar-refractivity contribution is 0.120. The van der Waals surface area contributed by atoms with E-state index in [0.717, 1.165) is 39.1 Å². The van der Waals surface area contributed by atoms with Gasteiger partial charge in [-0.1, -0.05) is 6.42 Å². The molecular weight excluding hydrogens is 292 g/mol. The molecule has 2 aliphatic rings. The predicted octanol–water partition coefficient (Wildman–Crippen LogP) is 1.55. The largest absolute Gasteiger partial charge is 0.393 e. The summed E-state index contributed by atoms with van der Waals surface area (Å²) in [6, 6.07) is 0. The van der Waals surface area contributed by atoms with Crippen molar-refractivity contribution in [1.82, 2.24) is 14.9 Å². The summed E-state index contributed by atoms with van der Waals surface area (Å²) >= 11 is 0. The Bertz CT molecular complexity index is 485. The molecule has 1 aromatic heterocycles. The van der Waals surface area contributed by atoms with Gasteiger partial charge in [-0.25, -0.2) is 9.97 Å². The lowest BCUT2D eigenvalue weighted by Gasteiger charge is -2.26. The number of aromatic nitrogens is 2. The molecule has 3 heterocycles. The molecule has 0 saturated carbocycles. The first-order chi connectivity index (χ1) is 11.3. The van der Waals surface area contributed by atoms with Crippen LogP contribution in [0.1, 0.15) is 32.1 Å². The van der Waals surface area contributed by atoms with E-state index in [4.69, 9.17) is 10.5 Å². The van der Waals surface area contributed by atoms with Gasteiger partial charge in [-0.05, 0) is 38.8 Å². The van der Waals surface area contributed by atoms with Gasteiger partial charge in [-0.3, -0.25) is 0 Å². The second-order valence-corrected chi connectivity index (χ2v) is 6.33. The van der Waals surface area contributed by atoms with Crippen LogP contribution in [0.25, 0.3) is 0 Å². The monoisotopic (exact) mass is 320 g/mol. The van der Waals surface area contributed by atoms with E-state index >= 15 is 0 Å². The van der Waals surface area contributed by atoms with Crippen LogP contribution in [-0.4, -0.2) is 60.3 Å². The van der Waals surface area contributed by atoms with Crippen LogP contribution in [0.4, 0.5) is 17.3 Å². The molecule has 0 aliphatic carbocycles. The molecule has 0 radical (unpaired) electrons. The molecule has 3 rings (SSSR count). The number of nitrogens with one attached hydrogen (secondary N) is 2. The van der Waals surface area contributed by atoms with Gasteiger partial charge in [-0.15, -0.1) is 0 Å². The van der Waals surface area contributed by atoms with Gasteiger partial charge in [0.2, 0.25) is 0 Å². The molecule has 7 heteroatoms. The molecule has 23 heavy (non-hydrogen) atoms. The Hall–Kier alpha value is -1.60. The number of hydrogen-bond acceptors (Lipinski definition) is 7. The molecule has 1 aromatic rings. The average Bonchev–Trinajstić information content (AvgIpc) is 3.10. The lowest BCUT2D eigenvalue weighted by atomic mass is 10.1. The van der Waals surface area contributed by atoms with Crippen molar-refractivity contribution in [2.24, 2.45) is 0 Å². The Morgan fingerprint density at radius 3 is 2.65 bits per heavy atom. The smallest absolute Gasteiger partial charge is 0.154 e. The average molecular weight is 320 g/mol. The third-order valence-electron chi connectivity index (χ3n) is 4.57. The third kappa shape index (κ3) is 4.68. The number of nitrogens with two attached hydrogens (primary N) is 1. The zero-order valence-corrected chi connectivity index (χ0v) is 13.8. The molecule has 2 fully saturated rings. The van der Waals surface area contributed by atoms with Gasteiger partial charge in [-0.2, -0.15) is 0 Å². The van der Waals surface area contributed by atoms with E-state index < -0.39 is 0 Å². The second-order valence-electron chi connectivity index (χ2n) is 6.33. The van der Waals surface area contributed by atoms with Crippen LogP contribution in [-0.2, 0) is 4.74 Å². The number of nitrogen functional groups attached to an aromatic ring is 1. The maximum atomic E-state index is 6.18. The first-order valence-corrected chi connectivity index (χ1v) is 8.75. The number of anilines is 3. The van der Waals surface area contributed by atoms with Crippen molar-refractivity contribution in [3.05, 3.63) is 6.33 Å². The SMILES string of the molecule is Nc1c(NCCN2CCCCC2)ncnc1NCC1CCCO1. The Morgan fingerprint density at radius 1 is 1.13 bits per heavy atom. The highest BCUT2D eigenvalue weighted by atomic mass is 16.5. The van der Waals surface area contributed by atoms with Crippen molar-refractivity contribution in [2.45, 2.75) is 38.2 Å². The Balaban J connectivity index is 1.47. The molecule has 7 nitrogen and oxygen atoms in total. The van der Waals surface area contributed by atoms with Crippen molar-refractivity contribution in [2.75, 3.05) is 55.7 Å². The fourth-order valence-electron chi connectivity index (χ4n) is 3.21. The minimum absolute atomic E-state index is 0.264. The van der Waals surface area contributed by atoms with Crippen LogP contribution >= 0.6 is 0 Å². The molecular formula is C16H28N6O. The van der Waals surface area contributed by atoms with E-state index in [2.05, 4.69) is 25.5 Å². The molecule has 0 aromatic carbocycles. The van der Waals surface area contributed by atoms with Gasteiger partial charge >= 0.3 is 0 Å². The quantitative estimate of drug-likeness (QED) is 0.702. The van der Waals surface area contributed by atoms with E-state index in [0.29, 0.717) is 17.3 Å². The molecule has 4 N–H and O–H groups in total. The molecule has 0 bridgehead atoms. The van der Waals surface area contributed by atoms with Crippen LogP contribution in [0.15, 0.2) is 6.33 Å². The van der Waals surface area contributed by atoms with E-state index in [1.54, 1.807) is 6.33 Å². The zero-order chi connectivity index (χ0) is 15.9. The fraction of sp³-hybridized carbons (Fsp3) is 0.750. The highest BCUT2D eigenvalue weighted by Gasteiger charge is 2.16. The van der Waals surface area contributed by atoms with E-state index in [9.17, 15) is 0 Å². The summed E-state index contributed by atoms with van der Waals surface area (Å²) in [5.74, 6) is 1.41. The number of ether oxygens (including phenoxy) is 1. The van der Waals surface area contributed by atoms with Gasteiger partial charge in [0, 0.05) is 26.2 Å². The third-order valence-corrected chi connectivity index (χ3v) is 4.57. The normalized spacial score (nSPS) is 22.2. The van der Waals surface area contributed by atoms with Crippen LogP contribution in [0.2, 0.25) is 0 Å². The van der Waals surface area contributed by atoms with Crippen LogP contribution < -0.4 is 16.4 Å². The highest BCUT2D eigenvalue weighted by Crippen LogP contribution is 2.23. The van der Waals surface area contributed by atoms with Gasteiger partial charge < -0.3 is 26.0 Å². The molecule has 0 amide bonds. The van der Waals surface area contributed by atoms with Crippen molar-refractivity contribution in [3.63, 3.8) is 0 Å². The Morgan fingerprint density at radius 2 is 1.91 bits per heavy atom. The number of rotatable bonds is 7. The van der Waals surface area contributed by atoms with Gasteiger partial charge in [0.15, 0.2) is 11.6 Å². The molecule has 1 atom stereocenters. The summed E-state index contributed by atoms with van der Waals surface area (Å²) in [5, 5.41) is 6.62. The summed E-state index contributed by atoms with van der Waals surface area (Å²) in [6.45, 7) is 5.89. The van der Waals surface area contributed by atoms with Crippen LogP contribution in [0.5, 0.6) is 0 Å². The van der Waals surface area contributed by atoms with Crippen LogP contribution in [0, 0.1) is 0 Å². The standard InChI is InChI=1S/C16H28N6O/c17-14-15(18-6-9-22-7-2-1-3-8-22)20-12-21-16(14)19-11-13-5-4-10-23-13/h12-13H,1-11,17H2,(H2,18,19,20,21). The zero-order valence-electron chi connectivity index (χ0n) is 13.8. The first-order valence-electron chi connectivity index (χ1n) is 8.75. The van der Waals surface area contributed by atoms with Crippen molar-refractivity contribution in [1.29, 1.82) is 0 Å². The fourth-order valence-corrected chi connectivity index (χ4v) is 3.21. The lowest BCUT2D eigenvalue weighted by Crippen LogP contribution is -2.33. The first kappa shape index (κ1) is 16.3. The molecule has 2 saturated heterocycles. The Labute approximate surface area is 138 Å². The maximum absolute atomic E-state index is 6.18. The summed E-state index contributed by atoms with van der Waals surface area (Å²) in [5.41, 5.74) is 6.77. The minimum Gasteiger partial charge on any atom is -0.393 e. The summed E-state index contributed by atoms with van der Waals surface area (Å²) < 4.78 is 5.61. The topological polar surface area (TPSA) is 88.3 Å². The Kier molecular flexibility index (Phi) is 5.87. The summed E-state index contributed by atoms with van der Waals surface area (Å²) in [4.78, 5) is 11.0. The second kappa shape index (κ2) is 8.31. The minimum atomic E-state index is 0.264. The van der Waals surface area contributed by atoms with E-state index in [1.165, 1.54) is 32.4 Å². The summed E-state index contributed by atoms with van der Waals surface area (Å²) in [7, 11) is 0.